The molecule has 1 aromatic rings. The lowest BCUT2D eigenvalue weighted by atomic mass is 9.77. The molecule has 0 radical (unpaired) electrons. The molecule has 0 bridgehead atoms. The molecule has 192 valence electrons. The summed E-state index contributed by atoms with van der Waals surface area (Å²) < 4.78 is 50.9. The molecule has 3 aliphatic carbocycles. The van der Waals surface area contributed by atoms with Crippen LogP contribution >= 0.6 is 0 Å². The Morgan fingerprint density at radius 3 is 2.49 bits per heavy atom. The van der Waals surface area contributed by atoms with E-state index in [2.05, 4.69) is 22.3 Å². The van der Waals surface area contributed by atoms with Gasteiger partial charge in [0.1, 0.15) is 5.41 Å². The lowest BCUT2D eigenvalue weighted by Crippen LogP contribution is -2.43. The first kappa shape index (κ1) is 23.4. The number of nitrogens with zero attached hydrogens (tertiary/aromatic N) is 1. The molecule has 35 heavy (non-hydrogen) atoms. The maximum Gasteiger partial charge on any atom is 0.403 e. The number of nitrogens with one attached hydrogen (secondary N) is 1. The fraction of sp³-hybridized carbons (Fsp3) is 0.741. The summed E-state index contributed by atoms with van der Waals surface area (Å²) in [6.07, 6.45) is 4.08. The third-order valence-corrected chi connectivity index (χ3v) is 9.63. The van der Waals surface area contributed by atoms with Gasteiger partial charge in [-0.05, 0) is 107 Å². The Bertz CT molecular complexity index is 961. The van der Waals surface area contributed by atoms with Crippen LogP contribution < -0.4 is 14.8 Å². The minimum Gasteiger partial charge on any atom is -0.454 e. The normalized spacial score (nSPS) is 32.0. The Morgan fingerprint density at radius 1 is 1.06 bits per heavy atom. The summed E-state index contributed by atoms with van der Waals surface area (Å²) in [6.45, 7) is 3.63. The van der Waals surface area contributed by atoms with Gasteiger partial charge in [0.05, 0.1) is 0 Å². The Morgan fingerprint density at radius 2 is 1.80 bits per heavy atom. The van der Waals surface area contributed by atoms with Crippen LogP contribution in [0.5, 0.6) is 11.5 Å². The van der Waals surface area contributed by atoms with Gasteiger partial charge in [-0.25, -0.2) is 0 Å². The van der Waals surface area contributed by atoms with Crippen molar-refractivity contribution in [1.29, 1.82) is 0 Å². The summed E-state index contributed by atoms with van der Waals surface area (Å²) in [5, 5.41) is 2.77. The van der Waals surface area contributed by atoms with Gasteiger partial charge in [-0.2, -0.15) is 13.2 Å². The second-order valence-electron chi connectivity index (χ2n) is 11.6. The number of halogens is 3. The van der Waals surface area contributed by atoms with Crippen LogP contribution in [0.15, 0.2) is 18.2 Å². The van der Waals surface area contributed by atoms with Crippen molar-refractivity contribution in [1.82, 2.24) is 10.2 Å². The van der Waals surface area contributed by atoms with E-state index in [9.17, 15) is 18.0 Å². The number of benzene rings is 1. The van der Waals surface area contributed by atoms with Crippen molar-refractivity contribution in [3.05, 3.63) is 23.8 Å². The third kappa shape index (κ3) is 4.30. The van der Waals surface area contributed by atoms with Crippen molar-refractivity contribution in [2.45, 2.75) is 82.3 Å². The van der Waals surface area contributed by atoms with Crippen LogP contribution in [-0.4, -0.2) is 49.5 Å². The smallest absolute Gasteiger partial charge is 0.403 e. The van der Waals surface area contributed by atoms with E-state index in [1.54, 1.807) is 0 Å². The van der Waals surface area contributed by atoms with E-state index in [0.29, 0.717) is 18.6 Å². The van der Waals surface area contributed by atoms with Gasteiger partial charge in [0.15, 0.2) is 11.5 Å². The molecule has 1 atom stereocenters. The van der Waals surface area contributed by atoms with E-state index < -0.39 is 17.5 Å². The number of carbonyl (C=O) groups excluding carboxylic acids is 1. The molecule has 5 nitrogen and oxygen atoms in total. The van der Waals surface area contributed by atoms with Crippen LogP contribution in [-0.2, 0) is 4.79 Å². The number of rotatable bonds is 6. The van der Waals surface area contributed by atoms with Gasteiger partial charge >= 0.3 is 6.18 Å². The first-order chi connectivity index (χ1) is 16.8. The fourth-order valence-electron chi connectivity index (χ4n) is 6.81. The molecule has 6 rings (SSSR count). The molecule has 1 aromatic carbocycles. The molecule has 2 aliphatic heterocycles. The lowest BCUT2D eigenvalue weighted by Gasteiger charge is -2.35. The van der Waals surface area contributed by atoms with E-state index in [1.165, 1.54) is 12.0 Å². The number of para-hydroxylation sites is 1. The minimum atomic E-state index is -4.42. The second-order valence-corrected chi connectivity index (χ2v) is 11.6. The number of carbonyl (C=O) groups is 1. The Hall–Kier alpha value is -1.96. The number of amides is 1. The van der Waals surface area contributed by atoms with E-state index in [1.807, 2.05) is 6.07 Å². The van der Waals surface area contributed by atoms with Crippen LogP contribution in [0.3, 0.4) is 0 Å². The number of piperidine rings is 1. The Kier molecular flexibility index (Phi) is 5.73. The van der Waals surface area contributed by atoms with E-state index >= 15 is 0 Å². The van der Waals surface area contributed by atoms with Gasteiger partial charge in [-0.15, -0.1) is 0 Å². The number of hydrogen-bond acceptors (Lipinski definition) is 4. The van der Waals surface area contributed by atoms with Crippen LogP contribution in [0.4, 0.5) is 13.2 Å². The van der Waals surface area contributed by atoms with Crippen LogP contribution in [0.1, 0.15) is 75.7 Å². The predicted molar refractivity (Wildman–Crippen MR) is 124 cm³/mol. The highest BCUT2D eigenvalue weighted by Crippen LogP contribution is 2.61. The summed E-state index contributed by atoms with van der Waals surface area (Å²) in [6, 6.07) is 6.15. The number of likely N-dealkylation sites (tertiary alicyclic amines) is 1. The zero-order valence-electron chi connectivity index (χ0n) is 20.2. The predicted octanol–water partition coefficient (Wildman–Crippen LogP) is 5.39. The summed E-state index contributed by atoms with van der Waals surface area (Å²) >= 11 is 0. The molecule has 5 aliphatic rings. The van der Waals surface area contributed by atoms with Crippen molar-refractivity contribution in [3.63, 3.8) is 0 Å². The molecule has 3 saturated carbocycles. The quantitative estimate of drug-likeness (QED) is 0.578. The topological polar surface area (TPSA) is 50.8 Å². The van der Waals surface area contributed by atoms with Crippen LogP contribution in [0, 0.1) is 16.7 Å². The minimum absolute atomic E-state index is 0.0522. The number of alkyl halides is 3. The molecule has 8 heteroatoms. The van der Waals surface area contributed by atoms with Gasteiger partial charge in [0.2, 0.25) is 12.7 Å². The molecular weight excluding hydrogens is 457 g/mol. The highest BCUT2D eigenvalue weighted by atomic mass is 19.4. The average molecular weight is 493 g/mol. The molecule has 2 heterocycles. The number of fused-ring (bicyclic) bond motifs is 1. The Balaban J connectivity index is 0.921. The second kappa shape index (κ2) is 8.56. The van der Waals surface area contributed by atoms with E-state index in [4.69, 9.17) is 9.47 Å². The summed E-state index contributed by atoms with van der Waals surface area (Å²) in [7, 11) is 0. The molecule has 0 aromatic heterocycles. The largest absolute Gasteiger partial charge is 0.454 e. The van der Waals surface area contributed by atoms with Gasteiger partial charge in [-0.3, -0.25) is 4.79 Å². The third-order valence-electron chi connectivity index (χ3n) is 9.63. The standard InChI is InChI=1S/C27H35F3N2O3/c28-27(29,30)26(11-12-26)24(33)31-22-16-25(22)9-4-18(5-10-25)6-13-32-14-7-19(8-15-32)20-2-1-3-21-23(20)35-17-34-21/h1-3,18-19,22H,4-17H2,(H,31,33)/t18?,22-,25?/m0/s1. The van der Waals surface area contributed by atoms with Crippen LogP contribution in [0.25, 0.3) is 0 Å². The summed E-state index contributed by atoms with van der Waals surface area (Å²) in [5.41, 5.74) is -0.748. The van der Waals surface area contributed by atoms with Crippen molar-refractivity contribution in [2.75, 3.05) is 26.4 Å². The lowest BCUT2D eigenvalue weighted by molar-refractivity contribution is -0.192. The van der Waals surface area contributed by atoms with Gasteiger partial charge in [0, 0.05) is 11.6 Å². The van der Waals surface area contributed by atoms with Gasteiger partial charge in [-0.1, -0.05) is 12.1 Å². The molecular formula is C27H35F3N2O3. The molecule has 1 spiro atoms. The monoisotopic (exact) mass is 492 g/mol. The summed E-state index contributed by atoms with van der Waals surface area (Å²) in [4.78, 5) is 14.9. The zero-order valence-corrected chi connectivity index (χ0v) is 20.2. The van der Waals surface area contributed by atoms with Gasteiger partial charge in [0.25, 0.3) is 0 Å². The fourth-order valence-corrected chi connectivity index (χ4v) is 6.81. The first-order valence-electron chi connectivity index (χ1n) is 13.3. The molecule has 0 unspecified atom stereocenters. The zero-order chi connectivity index (χ0) is 24.3. The van der Waals surface area contributed by atoms with Crippen molar-refractivity contribution in [3.8, 4) is 11.5 Å². The Labute approximate surface area is 204 Å². The average Bonchev–Trinajstić information content (AvgIpc) is 3.73. The molecule has 1 N–H and O–H groups in total. The number of hydrogen-bond donors (Lipinski definition) is 1. The van der Waals surface area contributed by atoms with E-state index in [0.717, 1.165) is 76.1 Å². The van der Waals surface area contributed by atoms with Crippen molar-refractivity contribution >= 4 is 5.91 Å². The van der Waals surface area contributed by atoms with Crippen molar-refractivity contribution < 1.29 is 27.4 Å². The molecule has 1 saturated heterocycles. The highest BCUT2D eigenvalue weighted by molar-refractivity contribution is 5.86. The first-order valence-corrected chi connectivity index (χ1v) is 13.3. The van der Waals surface area contributed by atoms with E-state index in [-0.39, 0.29) is 24.3 Å². The van der Waals surface area contributed by atoms with Gasteiger partial charge < -0.3 is 19.7 Å². The maximum atomic E-state index is 13.2. The van der Waals surface area contributed by atoms with Crippen molar-refractivity contribution in [2.24, 2.45) is 16.7 Å². The number of ether oxygens (including phenoxy) is 2. The SMILES string of the molecule is O=C(N[C@H]1CC12CCC(CCN1CCC(c3cccc4c3OCO4)CC1)CC2)C1(C(F)(F)F)CC1. The maximum absolute atomic E-state index is 13.2. The highest BCUT2D eigenvalue weighted by Gasteiger charge is 2.69. The van der Waals surface area contributed by atoms with Crippen LogP contribution in [0.2, 0.25) is 0 Å². The molecule has 4 fully saturated rings. The molecule has 1 amide bonds. The summed E-state index contributed by atoms with van der Waals surface area (Å²) in [5.74, 6) is 2.22.